The molecule has 0 aliphatic heterocycles. The lowest BCUT2D eigenvalue weighted by Crippen LogP contribution is -2.32. The SMILES string of the molecule is NC(Cc1cccc(NC(=O)C(F)F)c1)C(=O)O. The number of aliphatic carboxylic acids is 1. The molecule has 0 saturated carbocycles. The Morgan fingerprint density at radius 3 is 2.61 bits per heavy atom. The lowest BCUT2D eigenvalue weighted by molar-refractivity contribution is -0.138. The lowest BCUT2D eigenvalue weighted by atomic mass is 10.1. The number of alkyl halides is 2. The van der Waals surface area contributed by atoms with Crippen LogP contribution in [0.2, 0.25) is 0 Å². The summed E-state index contributed by atoms with van der Waals surface area (Å²) in [5, 5.41) is 10.6. The van der Waals surface area contributed by atoms with Crippen LogP contribution < -0.4 is 11.1 Å². The first-order valence-corrected chi connectivity index (χ1v) is 5.06. The molecular formula is C11H12F2N2O3. The second kappa shape index (κ2) is 6.06. The molecule has 0 aromatic heterocycles. The second-order valence-corrected chi connectivity index (χ2v) is 3.64. The van der Waals surface area contributed by atoms with Crippen LogP contribution in [0.3, 0.4) is 0 Å². The summed E-state index contributed by atoms with van der Waals surface area (Å²) in [4.78, 5) is 21.3. The molecule has 18 heavy (non-hydrogen) atoms. The summed E-state index contributed by atoms with van der Waals surface area (Å²) in [5.74, 6) is -2.56. The number of carboxylic acid groups (broad SMARTS) is 1. The predicted octanol–water partition coefficient (Wildman–Crippen LogP) is 0.845. The Hall–Kier alpha value is -2.02. The van der Waals surface area contributed by atoms with Crippen molar-refractivity contribution in [3.63, 3.8) is 0 Å². The molecule has 0 fully saturated rings. The van der Waals surface area contributed by atoms with E-state index in [1.54, 1.807) is 6.07 Å². The topological polar surface area (TPSA) is 92.4 Å². The van der Waals surface area contributed by atoms with Crippen LogP contribution >= 0.6 is 0 Å². The third-order valence-corrected chi connectivity index (χ3v) is 2.17. The van der Waals surface area contributed by atoms with Gasteiger partial charge in [-0.2, -0.15) is 8.78 Å². The maximum atomic E-state index is 12.0. The van der Waals surface area contributed by atoms with Gasteiger partial charge in [0.1, 0.15) is 6.04 Å². The van der Waals surface area contributed by atoms with Crippen molar-refractivity contribution in [1.29, 1.82) is 0 Å². The van der Waals surface area contributed by atoms with Gasteiger partial charge in [0.2, 0.25) is 0 Å². The highest BCUT2D eigenvalue weighted by molar-refractivity contribution is 5.93. The highest BCUT2D eigenvalue weighted by atomic mass is 19.3. The van der Waals surface area contributed by atoms with E-state index in [0.29, 0.717) is 5.56 Å². The van der Waals surface area contributed by atoms with Crippen LogP contribution in [-0.4, -0.2) is 29.5 Å². The minimum absolute atomic E-state index is 0.0493. The van der Waals surface area contributed by atoms with Gasteiger partial charge in [-0.25, -0.2) is 0 Å². The molecule has 1 unspecified atom stereocenters. The minimum atomic E-state index is -3.10. The first kappa shape index (κ1) is 14.0. The van der Waals surface area contributed by atoms with E-state index < -0.39 is 24.3 Å². The summed E-state index contributed by atoms with van der Waals surface area (Å²) in [6, 6.07) is 4.87. The average molecular weight is 258 g/mol. The molecule has 0 bridgehead atoms. The molecule has 98 valence electrons. The largest absolute Gasteiger partial charge is 0.480 e. The molecule has 0 heterocycles. The molecule has 4 N–H and O–H groups in total. The maximum Gasteiger partial charge on any atom is 0.320 e. The number of hydrogen-bond acceptors (Lipinski definition) is 3. The van der Waals surface area contributed by atoms with Crippen LogP contribution in [0.4, 0.5) is 14.5 Å². The fraction of sp³-hybridized carbons (Fsp3) is 0.273. The number of amides is 1. The molecule has 0 saturated heterocycles. The van der Waals surface area contributed by atoms with Crippen molar-refractivity contribution >= 4 is 17.6 Å². The van der Waals surface area contributed by atoms with Crippen molar-refractivity contribution in [3.8, 4) is 0 Å². The maximum absolute atomic E-state index is 12.0. The number of hydrogen-bond donors (Lipinski definition) is 3. The summed E-state index contributed by atoms with van der Waals surface area (Å²) in [6.07, 6.45) is -3.05. The first-order chi connectivity index (χ1) is 8.40. The molecule has 1 amide bonds. The summed E-state index contributed by atoms with van der Waals surface area (Å²) < 4.78 is 24.0. The fourth-order valence-electron chi connectivity index (χ4n) is 1.31. The van der Waals surface area contributed by atoms with Crippen molar-refractivity contribution in [2.24, 2.45) is 5.73 Å². The monoisotopic (exact) mass is 258 g/mol. The van der Waals surface area contributed by atoms with Gasteiger partial charge in [-0.1, -0.05) is 12.1 Å². The molecule has 0 aliphatic carbocycles. The van der Waals surface area contributed by atoms with Crippen LogP contribution in [0.1, 0.15) is 5.56 Å². The van der Waals surface area contributed by atoms with E-state index in [-0.39, 0.29) is 12.1 Å². The summed E-state index contributed by atoms with van der Waals surface area (Å²) in [5.41, 5.74) is 6.06. The van der Waals surface area contributed by atoms with E-state index in [1.807, 2.05) is 5.32 Å². The Morgan fingerprint density at radius 1 is 1.39 bits per heavy atom. The van der Waals surface area contributed by atoms with Gasteiger partial charge in [-0.3, -0.25) is 9.59 Å². The Morgan fingerprint density at radius 2 is 2.06 bits per heavy atom. The number of nitrogens with one attached hydrogen (secondary N) is 1. The van der Waals surface area contributed by atoms with E-state index >= 15 is 0 Å². The van der Waals surface area contributed by atoms with E-state index in [0.717, 1.165) is 0 Å². The van der Waals surface area contributed by atoms with Crippen molar-refractivity contribution in [2.45, 2.75) is 18.9 Å². The molecule has 1 rings (SSSR count). The van der Waals surface area contributed by atoms with Crippen LogP contribution in [0.5, 0.6) is 0 Å². The van der Waals surface area contributed by atoms with Gasteiger partial charge >= 0.3 is 12.4 Å². The van der Waals surface area contributed by atoms with Crippen LogP contribution in [0, 0.1) is 0 Å². The van der Waals surface area contributed by atoms with Gasteiger partial charge < -0.3 is 16.2 Å². The predicted molar refractivity (Wildman–Crippen MR) is 60.4 cm³/mol. The number of benzene rings is 1. The zero-order valence-corrected chi connectivity index (χ0v) is 9.27. The number of halogens is 2. The molecule has 1 atom stereocenters. The lowest BCUT2D eigenvalue weighted by Gasteiger charge is -2.09. The van der Waals surface area contributed by atoms with Crippen molar-refractivity contribution in [3.05, 3.63) is 29.8 Å². The number of nitrogens with two attached hydrogens (primary N) is 1. The Labute approximate surface area is 102 Å². The zero-order valence-electron chi connectivity index (χ0n) is 9.27. The molecule has 1 aromatic rings. The van der Waals surface area contributed by atoms with Gasteiger partial charge in [0.25, 0.3) is 5.91 Å². The summed E-state index contributed by atoms with van der Waals surface area (Å²) in [6.45, 7) is 0. The van der Waals surface area contributed by atoms with Gasteiger partial charge in [-0.05, 0) is 24.1 Å². The van der Waals surface area contributed by atoms with E-state index in [4.69, 9.17) is 10.8 Å². The van der Waals surface area contributed by atoms with E-state index in [9.17, 15) is 18.4 Å². The molecular weight excluding hydrogens is 246 g/mol. The highest BCUT2D eigenvalue weighted by Crippen LogP contribution is 2.13. The highest BCUT2D eigenvalue weighted by Gasteiger charge is 2.16. The Bertz CT molecular complexity index is 452. The minimum Gasteiger partial charge on any atom is -0.480 e. The number of carbonyl (C=O) groups excluding carboxylic acids is 1. The first-order valence-electron chi connectivity index (χ1n) is 5.06. The fourth-order valence-corrected chi connectivity index (χ4v) is 1.31. The second-order valence-electron chi connectivity index (χ2n) is 3.64. The quantitative estimate of drug-likeness (QED) is 0.729. The third kappa shape index (κ3) is 4.10. The molecule has 5 nitrogen and oxygen atoms in total. The summed E-state index contributed by atoms with van der Waals surface area (Å²) in [7, 11) is 0. The van der Waals surface area contributed by atoms with Gasteiger partial charge in [0, 0.05) is 5.69 Å². The smallest absolute Gasteiger partial charge is 0.320 e. The van der Waals surface area contributed by atoms with Crippen molar-refractivity contribution in [1.82, 2.24) is 0 Å². The van der Waals surface area contributed by atoms with Gasteiger partial charge in [-0.15, -0.1) is 0 Å². The summed E-state index contributed by atoms with van der Waals surface area (Å²) >= 11 is 0. The van der Waals surface area contributed by atoms with E-state index in [2.05, 4.69) is 0 Å². The van der Waals surface area contributed by atoms with Gasteiger partial charge in [0.15, 0.2) is 0 Å². The average Bonchev–Trinajstić information content (AvgIpc) is 2.29. The molecule has 0 radical (unpaired) electrons. The van der Waals surface area contributed by atoms with Crippen LogP contribution in [0.25, 0.3) is 0 Å². The normalized spacial score (nSPS) is 12.2. The number of carboxylic acids is 1. The molecule has 7 heteroatoms. The van der Waals surface area contributed by atoms with Crippen molar-refractivity contribution < 1.29 is 23.5 Å². The van der Waals surface area contributed by atoms with Crippen LogP contribution in [0.15, 0.2) is 24.3 Å². The molecule has 0 aliphatic rings. The molecule has 0 spiro atoms. The standard InChI is InChI=1S/C11H12F2N2O3/c12-9(13)10(16)15-7-3-1-2-6(4-7)5-8(14)11(17)18/h1-4,8-9H,5,14H2,(H,15,16)(H,17,18). The number of carbonyl (C=O) groups is 2. The Balaban J connectivity index is 2.73. The molecule has 1 aromatic carbocycles. The number of rotatable bonds is 5. The van der Waals surface area contributed by atoms with Gasteiger partial charge in [0.05, 0.1) is 0 Å². The van der Waals surface area contributed by atoms with Crippen molar-refractivity contribution in [2.75, 3.05) is 5.32 Å². The number of anilines is 1. The van der Waals surface area contributed by atoms with Crippen LogP contribution in [-0.2, 0) is 16.0 Å². The Kier molecular flexibility index (Phi) is 4.73. The zero-order chi connectivity index (χ0) is 13.7. The third-order valence-electron chi connectivity index (χ3n) is 2.17. The van der Waals surface area contributed by atoms with E-state index in [1.165, 1.54) is 18.2 Å².